The number of imidazole rings is 1. The van der Waals surface area contributed by atoms with Gasteiger partial charge in [0.15, 0.2) is 23.8 Å². The second-order valence-electron chi connectivity index (χ2n) is 33.8. The van der Waals surface area contributed by atoms with Crippen molar-refractivity contribution in [3.8, 4) is 11.3 Å². The lowest BCUT2D eigenvalue weighted by atomic mass is 10.0. The largest absolute Gasteiger partial charge is 0.387 e. The van der Waals surface area contributed by atoms with Crippen molar-refractivity contribution in [3.63, 3.8) is 0 Å². The van der Waals surface area contributed by atoms with Crippen LogP contribution in [0.25, 0.3) is 98.6 Å². The van der Waals surface area contributed by atoms with Crippen molar-refractivity contribution in [1.82, 2.24) is 99.7 Å². The van der Waals surface area contributed by atoms with Gasteiger partial charge in [-0.3, -0.25) is 67.2 Å². The van der Waals surface area contributed by atoms with Crippen LogP contribution in [-0.4, -0.2) is 298 Å². The van der Waals surface area contributed by atoms with Gasteiger partial charge in [-0.2, -0.15) is 5.10 Å². The van der Waals surface area contributed by atoms with Gasteiger partial charge >= 0.3 is 0 Å². The molecule has 6 aliphatic rings. The van der Waals surface area contributed by atoms with Crippen LogP contribution in [0.2, 0.25) is 0 Å². The minimum Gasteiger partial charge on any atom is -0.387 e. The van der Waals surface area contributed by atoms with E-state index in [2.05, 4.69) is 115 Å². The quantitative estimate of drug-likeness (QED) is 0.0389. The van der Waals surface area contributed by atoms with Crippen LogP contribution in [0.15, 0.2) is 208 Å². The van der Waals surface area contributed by atoms with Crippen molar-refractivity contribution in [2.45, 2.75) is 50.8 Å². The van der Waals surface area contributed by atoms with E-state index in [1.165, 1.54) is 17.2 Å². The van der Waals surface area contributed by atoms with Crippen molar-refractivity contribution in [2.75, 3.05) is 172 Å². The van der Waals surface area contributed by atoms with Crippen LogP contribution in [0.5, 0.6) is 0 Å². The summed E-state index contributed by atoms with van der Waals surface area (Å²) in [5.41, 5.74) is 14.2. The van der Waals surface area contributed by atoms with Gasteiger partial charge in [0.05, 0.1) is 76.8 Å². The van der Waals surface area contributed by atoms with Gasteiger partial charge in [0, 0.05) is 177 Å². The number of morpholine rings is 1. The van der Waals surface area contributed by atoms with E-state index >= 15 is 0 Å². The van der Waals surface area contributed by atoms with Gasteiger partial charge in [0.1, 0.15) is 41.5 Å². The number of aromatic amines is 4. The van der Waals surface area contributed by atoms with Crippen molar-refractivity contribution in [1.29, 1.82) is 0 Å². The number of nitrogens with zero attached hydrogens (tertiary/aromatic N) is 15. The number of aromatic nitrogens is 12. The van der Waals surface area contributed by atoms with Crippen LogP contribution in [0.4, 0.5) is 29.0 Å². The van der Waals surface area contributed by atoms with Gasteiger partial charge < -0.3 is 86.6 Å². The van der Waals surface area contributed by atoms with Crippen LogP contribution in [-0.2, 0) is 35.2 Å². The number of likely N-dealkylation sites (N-methyl/N-ethyl adjacent to an activating group) is 2. The number of amides is 6. The third-order valence-corrected chi connectivity index (χ3v) is 24.8. The first-order chi connectivity index (χ1) is 66.0. The summed E-state index contributed by atoms with van der Waals surface area (Å²) in [5.74, 6) is 1.01. The second-order valence-corrected chi connectivity index (χ2v) is 33.8. The molecule has 5 saturated heterocycles. The summed E-state index contributed by atoms with van der Waals surface area (Å²) in [6, 6.07) is 53.0. The molecule has 0 saturated carbocycles. The second kappa shape index (κ2) is 42.0. The number of nitrogen functional groups attached to an aromatic ring is 1. The predicted molar refractivity (Wildman–Crippen MR) is 518 cm³/mol. The number of fused-ring (bicyclic) bond motifs is 12. The highest BCUT2D eigenvalue weighted by molar-refractivity contribution is 6.07. The molecule has 39 nitrogen and oxygen atoms in total. The van der Waals surface area contributed by atoms with E-state index in [0.717, 1.165) is 141 Å². The van der Waals surface area contributed by atoms with Crippen LogP contribution >= 0.6 is 0 Å². The van der Waals surface area contributed by atoms with E-state index < -0.39 is 30.4 Å². The standard InChI is InChI=1S/C24H27N9O6.C22H24N4O3.C19H21N5O2.C17H18N4O.C15H13N3O2/c25-20-16-21(28-10-27-20)33(11-29-16)24-18(36)17(35)19(39-24)23(38)32-6-4-31(5-7-32)9-15(34)30-14-3-1-2-12-13(14)8-26-22(12)37;27-21(23-9-4-10-26-11-13-29-14-12-26)17-6-3-5-16(15-17)20-18-7-1-2-8-19(18)22(28)25-24-20;1-23-8-10-24(11-9-23)12-17(25)21-16-7-6-15-18(22-16)13-4-2-3-5-14(13)19(26)20-15;1-20-8-10-21(11-9-20)15-7-6-14-16(19-15)12-4-2-3-5-13(12)17(22)18-14;1-2-13(19)17-12-8-7-11-14(18-12)9-5-3-4-6-10(9)15(20)16-11/h1-3,10-11,17-19,24,35-36H,4-9H2,(H,26,37)(H,30,34)(H2,25,27,28);1-3,5-8,15H,4,9-14H2,(H,23,27)(H,25,28);2-7H,8-12H2,1H3,(H,20,26)(H,21,22,25);2-7H,8-11H2,1H3,(H,18,22);3-8H,2H2,1H3,(H,16,20)(H,17,18,19)/t17-,18+,19?,24?;;;;/m0..../s1. The maximum atomic E-state index is 13.2. The first-order valence-electron chi connectivity index (χ1n) is 45.1. The molecule has 2 unspecified atom stereocenters. The van der Waals surface area contributed by atoms with Crippen LogP contribution < -0.4 is 59.5 Å². The number of aliphatic hydroxyl groups excluding tert-OH is 2. The fraction of sp³-hybridized carbons (Fsp3) is 0.309. The Morgan fingerprint density at radius 3 is 1.64 bits per heavy atom. The number of hydrogen-bond donors (Lipinski definition) is 12. The molecule has 5 fully saturated rings. The molecule has 0 bridgehead atoms. The summed E-state index contributed by atoms with van der Waals surface area (Å²) in [6.45, 7) is 17.0. The highest BCUT2D eigenvalue weighted by Gasteiger charge is 2.49. The summed E-state index contributed by atoms with van der Waals surface area (Å²) in [4.78, 5) is 172. The Hall–Kier alpha value is -15.1. The molecule has 0 radical (unpaired) electrons. The Labute approximate surface area is 776 Å². The van der Waals surface area contributed by atoms with Crippen molar-refractivity contribution in [2.24, 2.45) is 0 Å². The number of hydrogen-bond acceptors (Lipinski definition) is 28. The molecule has 39 heteroatoms. The van der Waals surface area contributed by atoms with Crippen molar-refractivity contribution < 1.29 is 48.5 Å². The van der Waals surface area contributed by atoms with Crippen LogP contribution in [0, 0.1) is 0 Å². The van der Waals surface area contributed by atoms with Gasteiger partial charge in [-0.15, -0.1) is 0 Å². The molecular formula is C97H103N25O14. The van der Waals surface area contributed by atoms with Crippen LogP contribution in [0.3, 0.4) is 0 Å². The van der Waals surface area contributed by atoms with E-state index in [-0.39, 0.29) is 64.1 Å². The fourth-order valence-corrected chi connectivity index (χ4v) is 17.3. The Morgan fingerprint density at radius 2 is 1.04 bits per heavy atom. The Kier molecular flexibility index (Phi) is 28.7. The molecule has 15 aromatic rings. The highest BCUT2D eigenvalue weighted by atomic mass is 16.6. The number of pyridine rings is 6. The number of anilines is 5. The molecule has 0 spiro atoms. The number of carbonyl (C=O) groups is 6. The fourth-order valence-electron chi connectivity index (χ4n) is 17.3. The highest BCUT2D eigenvalue weighted by Crippen LogP contribution is 2.35. The molecule has 6 aromatic carbocycles. The molecule has 13 N–H and O–H groups in total. The van der Waals surface area contributed by atoms with Gasteiger partial charge in [-0.05, 0) is 112 Å². The minimum absolute atomic E-state index is 0.0581. The first kappa shape index (κ1) is 92.8. The average molecular weight is 1840 g/mol. The zero-order valence-corrected chi connectivity index (χ0v) is 75.0. The normalized spacial score (nSPS) is 17.7. The van der Waals surface area contributed by atoms with E-state index in [1.807, 2.05) is 114 Å². The molecule has 9 aromatic heterocycles. The maximum absolute atomic E-state index is 13.2. The third-order valence-electron chi connectivity index (χ3n) is 24.8. The monoisotopic (exact) mass is 1840 g/mol. The molecule has 6 amide bonds. The molecular weight excluding hydrogens is 1740 g/mol. The van der Waals surface area contributed by atoms with Crippen molar-refractivity contribution in [3.05, 3.63) is 247 Å². The minimum atomic E-state index is -1.46. The van der Waals surface area contributed by atoms with Gasteiger partial charge in [-0.25, -0.2) is 35.0 Å². The lowest BCUT2D eigenvalue weighted by Gasteiger charge is -2.35. The number of aliphatic hydroxyl groups is 2. The topological polar surface area (TPSA) is 497 Å². The predicted octanol–water partition coefficient (Wildman–Crippen LogP) is 5.61. The lowest BCUT2D eigenvalue weighted by Crippen LogP contribution is -2.54. The number of ether oxygens (including phenoxy) is 2. The maximum Gasteiger partial charge on any atom is 0.272 e. The van der Waals surface area contributed by atoms with E-state index in [9.17, 15) is 58.2 Å². The number of H-pyrrole nitrogens is 4. The molecule has 6 aliphatic heterocycles. The van der Waals surface area contributed by atoms with Crippen LogP contribution in [0.1, 0.15) is 52.3 Å². The molecule has 4 atom stereocenters. The Morgan fingerprint density at radius 1 is 0.515 bits per heavy atom. The number of nitrogens with one attached hydrogen (secondary N) is 9. The molecule has 21 rings (SSSR count). The molecule has 136 heavy (non-hydrogen) atoms. The SMILES string of the molecule is CCC(=O)Nc1ccc2[nH]c(=O)c3ccccc3c2n1.CN1CCN(CC(=O)Nc2ccc3[nH]c(=O)c4ccccc4c3n2)CC1.CN1CCN(c2ccc3[nH]c(=O)c4ccccc4c3n2)CC1.Nc1ncnc2c1ncn2C1OC(C(=O)N2CCN(CC(=O)Nc3cccc4c3CNC4=O)CC2)[C@@H](O)[C@H]1O.O=C(NCCCN1CCOCC1)c1cccc(-c2n[nH]c(=O)c3ccccc23)c1. The smallest absolute Gasteiger partial charge is 0.272 e. The van der Waals surface area contributed by atoms with Gasteiger partial charge in [0.2, 0.25) is 17.7 Å². The summed E-state index contributed by atoms with van der Waals surface area (Å²) in [7, 11) is 4.23. The Bertz CT molecular complexity index is 7260. The zero-order valence-electron chi connectivity index (χ0n) is 75.0. The summed E-state index contributed by atoms with van der Waals surface area (Å²) < 4.78 is 12.6. The number of piperazine rings is 3. The zero-order chi connectivity index (χ0) is 94.6. The molecule has 0 aliphatic carbocycles. The lowest BCUT2D eigenvalue weighted by molar-refractivity contribution is -0.150. The number of nitrogens with two attached hydrogens (primary N) is 1. The third kappa shape index (κ3) is 21.1. The summed E-state index contributed by atoms with van der Waals surface area (Å²) in [6.07, 6.45) is -1.33. The summed E-state index contributed by atoms with van der Waals surface area (Å²) in [5, 5.41) is 48.0. The molecule has 700 valence electrons. The summed E-state index contributed by atoms with van der Waals surface area (Å²) >= 11 is 0. The number of carbonyl (C=O) groups excluding carboxylic acids is 6. The van der Waals surface area contributed by atoms with Crippen molar-refractivity contribution >= 4 is 152 Å². The van der Waals surface area contributed by atoms with Gasteiger partial charge in [0.25, 0.3) is 40.0 Å². The van der Waals surface area contributed by atoms with E-state index in [1.54, 1.807) is 78.6 Å². The van der Waals surface area contributed by atoms with E-state index in [0.29, 0.717) is 141 Å². The first-order valence-corrected chi connectivity index (χ1v) is 45.1. The number of rotatable bonds is 17. The average Bonchev–Trinajstić information content (AvgIpc) is 1.73. The molecule has 15 heterocycles. The number of benzene rings is 6. The Balaban J connectivity index is 0.000000120. The van der Waals surface area contributed by atoms with Gasteiger partial charge in [-0.1, -0.05) is 97.9 Å². The van der Waals surface area contributed by atoms with E-state index in [4.69, 9.17) is 20.2 Å².